The van der Waals surface area contributed by atoms with Crippen LogP contribution in [-0.4, -0.2) is 11.5 Å². The summed E-state index contributed by atoms with van der Waals surface area (Å²) in [5.41, 5.74) is 0.636. The molecule has 0 fully saturated rings. The van der Waals surface area contributed by atoms with E-state index in [0.717, 1.165) is 0 Å². The monoisotopic (exact) mass is 204 g/mol. The van der Waals surface area contributed by atoms with Gasteiger partial charge in [0.05, 0.1) is 16.7 Å². The molecule has 4 nitrogen and oxygen atoms in total. The molecule has 1 N–H and O–H groups in total. The summed E-state index contributed by atoms with van der Waals surface area (Å²) in [5.74, 6) is 0. The molecular weight excluding hydrogens is 192 g/mol. The van der Waals surface area contributed by atoms with Crippen molar-refractivity contribution in [1.29, 1.82) is 0 Å². The third-order valence-electron chi connectivity index (χ3n) is 1.77. The third kappa shape index (κ3) is 3.27. The molecule has 0 heterocycles. The lowest BCUT2D eigenvalue weighted by Gasteiger charge is -1.99. The topological polar surface area (TPSA) is 55.2 Å². The van der Waals surface area contributed by atoms with Crippen molar-refractivity contribution in [3.05, 3.63) is 64.9 Å². The van der Waals surface area contributed by atoms with E-state index >= 15 is 0 Å². The van der Waals surface area contributed by atoms with Crippen LogP contribution in [0.5, 0.6) is 0 Å². The van der Waals surface area contributed by atoms with Gasteiger partial charge in [-0.2, -0.15) is 0 Å². The van der Waals surface area contributed by atoms with Gasteiger partial charge in [0.25, 0.3) is 5.70 Å². The van der Waals surface area contributed by atoms with Crippen LogP contribution in [0.15, 0.2) is 49.2 Å². The molecule has 1 rings (SSSR count). The molecule has 0 aliphatic heterocycles. The van der Waals surface area contributed by atoms with Gasteiger partial charge in [0.1, 0.15) is 0 Å². The molecular formula is C11H12N2O2. The van der Waals surface area contributed by atoms with E-state index in [1.807, 2.05) is 6.07 Å². The highest BCUT2D eigenvalue weighted by molar-refractivity contribution is 5.57. The standard InChI is InChI=1S/C11H12N2O2/c1-2-8-12-9-11(13(14)15)10-6-4-3-5-7-10/h2-7,9,12H,1,8H2/b11-9-. The minimum Gasteiger partial charge on any atom is -0.382 e. The average molecular weight is 204 g/mol. The van der Waals surface area contributed by atoms with Crippen LogP contribution in [0, 0.1) is 10.1 Å². The maximum atomic E-state index is 10.8. The fraction of sp³-hybridized carbons (Fsp3) is 0.0909. The summed E-state index contributed by atoms with van der Waals surface area (Å²) in [4.78, 5) is 10.4. The zero-order valence-corrected chi connectivity index (χ0v) is 8.22. The van der Waals surface area contributed by atoms with Crippen molar-refractivity contribution in [3.8, 4) is 0 Å². The van der Waals surface area contributed by atoms with Gasteiger partial charge in [-0.15, -0.1) is 6.58 Å². The van der Waals surface area contributed by atoms with Crippen LogP contribution in [-0.2, 0) is 0 Å². The minimum absolute atomic E-state index is 0.0532. The van der Waals surface area contributed by atoms with Gasteiger partial charge in [0.2, 0.25) is 0 Å². The van der Waals surface area contributed by atoms with Gasteiger partial charge >= 0.3 is 0 Å². The first kappa shape index (κ1) is 11.0. The first-order valence-corrected chi connectivity index (χ1v) is 4.50. The zero-order chi connectivity index (χ0) is 11.1. The Bertz CT molecular complexity index is 371. The second-order valence-electron chi connectivity index (χ2n) is 2.85. The van der Waals surface area contributed by atoms with Crippen LogP contribution in [0.2, 0.25) is 0 Å². The van der Waals surface area contributed by atoms with Crippen molar-refractivity contribution < 1.29 is 4.92 Å². The average Bonchev–Trinajstić information content (AvgIpc) is 2.25. The summed E-state index contributed by atoms with van der Waals surface area (Å²) >= 11 is 0. The Morgan fingerprint density at radius 1 is 1.47 bits per heavy atom. The lowest BCUT2D eigenvalue weighted by atomic mass is 10.2. The summed E-state index contributed by atoms with van der Waals surface area (Å²) in [6.45, 7) is 4.02. The minimum atomic E-state index is -0.411. The number of nitrogens with one attached hydrogen (secondary N) is 1. The Balaban J connectivity index is 2.88. The van der Waals surface area contributed by atoms with Gasteiger partial charge in [-0.3, -0.25) is 10.1 Å². The highest BCUT2D eigenvalue weighted by Gasteiger charge is 2.12. The molecule has 0 amide bonds. The van der Waals surface area contributed by atoms with Crippen molar-refractivity contribution in [2.24, 2.45) is 0 Å². The fourth-order valence-electron chi connectivity index (χ4n) is 1.09. The molecule has 0 unspecified atom stereocenters. The quantitative estimate of drug-likeness (QED) is 0.345. The smallest absolute Gasteiger partial charge is 0.292 e. The van der Waals surface area contributed by atoms with Gasteiger partial charge in [-0.25, -0.2) is 0 Å². The van der Waals surface area contributed by atoms with Crippen molar-refractivity contribution in [2.45, 2.75) is 0 Å². The van der Waals surface area contributed by atoms with Crippen molar-refractivity contribution >= 4 is 5.70 Å². The van der Waals surface area contributed by atoms with E-state index in [-0.39, 0.29) is 5.70 Å². The Morgan fingerprint density at radius 2 is 2.13 bits per heavy atom. The normalized spacial score (nSPS) is 10.8. The molecule has 0 aliphatic rings. The number of hydrogen-bond donors (Lipinski definition) is 1. The summed E-state index contributed by atoms with van der Waals surface area (Å²) in [6.07, 6.45) is 3.02. The lowest BCUT2D eigenvalue weighted by molar-refractivity contribution is -0.375. The van der Waals surface area contributed by atoms with E-state index in [9.17, 15) is 10.1 Å². The van der Waals surface area contributed by atoms with E-state index in [1.54, 1.807) is 30.3 Å². The summed E-state index contributed by atoms with van der Waals surface area (Å²) in [5, 5.41) is 13.6. The van der Waals surface area contributed by atoms with Gasteiger partial charge in [-0.1, -0.05) is 24.3 Å². The fourth-order valence-corrected chi connectivity index (χ4v) is 1.09. The predicted molar refractivity (Wildman–Crippen MR) is 59.6 cm³/mol. The third-order valence-corrected chi connectivity index (χ3v) is 1.77. The second kappa shape index (κ2) is 5.59. The summed E-state index contributed by atoms with van der Waals surface area (Å²) in [7, 11) is 0. The molecule has 78 valence electrons. The van der Waals surface area contributed by atoms with Gasteiger partial charge in [0.15, 0.2) is 0 Å². The van der Waals surface area contributed by atoms with E-state index in [2.05, 4.69) is 11.9 Å². The number of hydrogen-bond acceptors (Lipinski definition) is 3. The lowest BCUT2D eigenvalue weighted by Crippen LogP contribution is -2.08. The Kier molecular flexibility index (Phi) is 4.09. The van der Waals surface area contributed by atoms with Crippen LogP contribution in [0.25, 0.3) is 5.70 Å². The Morgan fingerprint density at radius 3 is 2.67 bits per heavy atom. The molecule has 0 radical (unpaired) electrons. The first-order chi connectivity index (χ1) is 7.25. The molecule has 0 bridgehead atoms. The van der Waals surface area contributed by atoms with Crippen LogP contribution in [0.4, 0.5) is 0 Å². The molecule has 1 aromatic rings. The SMILES string of the molecule is C=CCN/C=C(/c1ccccc1)[N+](=O)[O-]. The Hall–Kier alpha value is -2.10. The molecule has 15 heavy (non-hydrogen) atoms. The molecule has 1 aromatic carbocycles. The Labute approximate surface area is 88.1 Å². The number of benzene rings is 1. The van der Waals surface area contributed by atoms with Crippen molar-refractivity contribution in [2.75, 3.05) is 6.54 Å². The summed E-state index contributed by atoms with van der Waals surface area (Å²) < 4.78 is 0. The van der Waals surface area contributed by atoms with Gasteiger partial charge in [0, 0.05) is 6.54 Å². The number of rotatable bonds is 5. The summed E-state index contributed by atoms with van der Waals surface area (Å²) in [6, 6.07) is 8.74. The zero-order valence-electron chi connectivity index (χ0n) is 8.22. The van der Waals surface area contributed by atoms with Crippen molar-refractivity contribution in [1.82, 2.24) is 5.32 Å². The van der Waals surface area contributed by atoms with Crippen LogP contribution in [0.1, 0.15) is 5.56 Å². The molecule has 0 atom stereocenters. The van der Waals surface area contributed by atoms with Gasteiger partial charge < -0.3 is 5.32 Å². The largest absolute Gasteiger partial charge is 0.382 e. The van der Waals surface area contributed by atoms with E-state index < -0.39 is 4.92 Å². The molecule has 0 saturated carbocycles. The van der Waals surface area contributed by atoms with Crippen LogP contribution < -0.4 is 5.32 Å². The number of nitro groups is 1. The first-order valence-electron chi connectivity index (χ1n) is 4.50. The van der Waals surface area contributed by atoms with Crippen LogP contribution >= 0.6 is 0 Å². The highest BCUT2D eigenvalue weighted by Crippen LogP contribution is 2.12. The van der Waals surface area contributed by atoms with Gasteiger partial charge in [-0.05, 0) is 12.1 Å². The van der Waals surface area contributed by atoms with Crippen LogP contribution in [0.3, 0.4) is 0 Å². The molecule has 0 aliphatic carbocycles. The highest BCUT2D eigenvalue weighted by atomic mass is 16.6. The molecule has 0 aromatic heterocycles. The maximum absolute atomic E-state index is 10.8. The second-order valence-corrected chi connectivity index (χ2v) is 2.85. The molecule has 0 saturated heterocycles. The maximum Gasteiger partial charge on any atom is 0.292 e. The predicted octanol–water partition coefficient (Wildman–Crippen LogP) is 2.04. The molecule has 0 spiro atoms. The molecule has 4 heteroatoms. The van der Waals surface area contributed by atoms with E-state index in [1.165, 1.54) is 6.20 Å². The number of nitrogens with zero attached hydrogens (tertiary/aromatic N) is 1. The van der Waals surface area contributed by atoms with E-state index in [4.69, 9.17) is 0 Å². The van der Waals surface area contributed by atoms with Crippen molar-refractivity contribution in [3.63, 3.8) is 0 Å². The van der Waals surface area contributed by atoms with E-state index in [0.29, 0.717) is 12.1 Å².